The van der Waals surface area contributed by atoms with Crippen LogP contribution in [-0.4, -0.2) is 48.2 Å². The molecule has 1 aromatic heterocycles. The molecule has 0 aliphatic rings. The molecule has 10 nitrogen and oxygen atoms in total. The van der Waals surface area contributed by atoms with Gasteiger partial charge in [-0.1, -0.05) is 29.3 Å². The van der Waals surface area contributed by atoms with Crippen molar-refractivity contribution in [3.63, 3.8) is 0 Å². The van der Waals surface area contributed by atoms with Gasteiger partial charge in [0.25, 0.3) is 5.91 Å². The average molecular weight is 498 g/mol. The Morgan fingerprint density at radius 2 is 1.88 bits per heavy atom. The highest BCUT2D eigenvalue weighted by Crippen LogP contribution is 2.24. The van der Waals surface area contributed by atoms with E-state index in [9.17, 15) is 18.0 Å². The SMILES string of the molecule is O=C(COC(=O)CCNS(=O)(=O)c1cccc(Cl)c1)Nc1cc(Cl)ccc1-n1cncn1. The zero-order valence-corrected chi connectivity index (χ0v) is 18.7. The maximum absolute atomic E-state index is 12.2. The van der Waals surface area contributed by atoms with Crippen LogP contribution >= 0.6 is 23.2 Å². The lowest BCUT2D eigenvalue weighted by Gasteiger charge is -2.12. The van der Waals surface area contributed by atoms with E-state index in [0.717, 1.165) is 0 Å². The van der Waals surface area contributed by atoms with E-state index < -0.39 is 28.5 Å². The van der Waals surface area contributed by atoms with Crippen molar-refractivity contribution in [1.29, 1.82) is 0 Å². The first kappa shape index (κ1) is 23.7. The van der Waals surface area contributed by atoms with Gasteiger partial charge in [-0.3, -0.25) is 9.59 Å². The van der Waals surface area contributed by atoms with Crippen LogP contribution in [0.3, 0.4) is 0 Å². The molecule has 0 radical (unpaired) electrons. The number of amides is 1. The summed E-state index contributed by atoms with van der Waals surface area (Å²) >= 11 is 11.8. The highest BCUT2D eigenvalue weighted by atomic mass is 35.5. The minimum absolute atomic E-state index is 0.0255. The molecule has 13 heteroatoms. The Morgan fingerprint density at radius 1 is 1.09 bits per heavy atom. The lowest BCUT2D eigenvalue weighted by Crippen LogP contribution is -2.28. The summed E-state index contributed by atoms with van der Waals surface area (Å²) in [6.45, 7) is -0.775. The molecule has 0 saturated carbocycles. The number of hydrogen-bond donors (Lipinski definition) is 2. The third kappa shape index (κ3) is 6.50. The number of carbonyl (C=O) groups excluding carboxylic acids is 2. The molecule has 2 aromatic carbocycles. The van der Waals surface area contributed by atoms with Crippen LogP contribution < -0.4 is 10.0 Å². The van der Waals surface area contributed by atoms with Crippen molar-refractivity contribution in [1.82, 2.24) is 19.5 Å². The number of nitrogens with zero attached hydrogens (tertiary/aromatic N) is 3. The highest BCUT2D eigenvalue weighted by molar-refractivity contribution is 7.89. The van der Waals surface area contributed by atoms with Crippen LogP contribution in [0.4, 0.5) is 5.69 Å². The third-order valence-corrected chi connectivity index (χ3v) is 5.92. The molecule has 0 spiro atoms. The van der Waals surface area contributed by atoms with Gasteiger partial charge in [-0.2, -0.15) is 5.10 Å². The highest BCUT2D eigenvalue weighted by Gasteiger charge is 2.16. The summed E-state index contributed by atoms with van der Waals surface area (Å²) in [5.41, 5.74) is 0.861. The van der Waals surface area contributed by atoms with Crippen molar-refractivity contribution in [2.24, 2.45) is 0 Å². The van der Waals surface area contributed by atoms with Gasteiger partial charge in [-0.15, -0.1) is 0 Å². The van der Waals surface area contributed by atoms with Crippen molar-refractivity contribution < 1.29 is 22.7 Å². The fraction of sp³-hybridized carbons (Fsp3) is 0.158. The summed E-state index contributed by atoms with van der Waals surface area (Å²) in [7, 11) is -3.83. The molecule has 2 N–H and O–H groups in total. The second kappa shape index (κ2) is 10.6. The van der Waals surface area contributed by atoms with Crippen LogP contribution in [0, 0.1) is 0 Å². The van der Waals surface area contributed by atoms with Crippen molar-refractivity contribution in [3.8, 4) is 5.69 Å². The molecule has 3 rings (SSSR count). The lowest BCUT2D eigenvalue weighted by atomic mass is 10.2. The van der Waals surface area contributed by atoms with Gasteiger partial charge < -0.3 is 10.1 Å². The number of halogens is 2. The normalized spacial score (nSPS) is 11.2. The van der Waals surface area contributed by atoms with Gasteiger partial charge in [0.05, 0.1) is 22.7 Å². The number of aromatic nitrogens is 3. The van der Waals surface area contributed by atoms with Gasteiger partial charge in [-0.05, 0) is 36.4 Å². The number of carbonyl (C=O) groups is 2. The van der Waals surface area contributed by atoms with Crippen LogP contribution in [0.2, 0.25) is 10.0 Å². The first-order valence-corrected chi connectivity index (χ1v) is 11.3. The summed E-state index contributed by atoms with van der Waals surface area (Å²) < 4.78 is 33.0. The molecule has 0 saturated heterocycles. The fourth-order valence-electron chi connectivity index (χ4n) is 2.55. The minimum atomic E-state index is -3.83. The number of benzene rings is 2. The predicted octanol–water partition coefficient (Wildman–Crippen LogP) is 2.42. The maximum Gasteiger partial charge on any atom is 0.307 e. The molecule has 1 amide bonds. The summed E-state index contributed by atoms with van der Waals surface area (Å²) in [4.78, 5) is 27.9. The van der Waals surface area contributed by atoms with Gasteiger partial charge in [-0.25, -0.2) is 22.8 Å². The minimum Gasteiger partial charge on any atom is -0.456 e. The van der Waals surface area contributed by atoms with E-state index in [1.54, 1.807) is 18.2 Å². The van der Waals surface area contributed by atoms with E-state index in [-0.39, 0.29) is 22.9 Å². The summed E-state index contributed by atoms with van der Waals surface area (Å²) in [5, 5.41) is 7.24. The molecule has 0 aliphatic heterocycles. The van der Waals surface area contributed by atoms with Gasteiger partial charge in [0.1, 0.15) is 12.7 Å². The van der Waals surface area contributed by atoms with E-state index in [4.69, 9.17) is 27.9 Å². The van der Waals surface area contributed by atoms with Crippen molar-refractivity contribution in [2.75, 3.05) is 18.5 Å². The van der Waals surface area contributed by atoms with Crippen molar-refractivity contribution in [3.05, 3.63) is 65.2 Å². The molecule has 168 valence electrons. The molecule has 0 bridgehead atoms. The number of hydrogen-bond acceptors (Lipinski definition) is 7. The van der Waals surface area contributed by atoms with Crippen molar-refractivity contribution >= 4 is 50.8 Å². The number of rotatable bonds is 9. The Balaban J connectivity index is 1.49. The van der Waals surface area contributed by atoms with Gasteiger partial charge in [0.15, 0.2) is 6.61 Å². The topological polar surface area (TPSA) is 132 Å². The van der Waals surface area contributed by atoms with E-state index in [0.29, 0.717) is 16.4 Å². The first-order valence-electron chi connectivity index (χ1n) is 9.10. The Labute approximate surface area is 193 Å². The van der Waals surface area contributed by atoms with Crippen LogP contribution in [0.1, 0.15) is 6.42 Å². The first-order chi connectivity index (χ1) is 15.2. The van der Waals surface area contributed by atoms with Crippen LogP contribution in [-0.2, 0) is 24.3 Å². The van der Waals surface area contributed by atoms with E-state index in [1.807, 2.05) is 0 Å². The Bertz CT molecular complexity index is 1220. The predicted molar refractivity (Wildman–Crippen MR) is 117 cm³/mol. The van der Waals surface area contributed by atoms with E-state index in [1.165, 1.54) is 41.6 Å². The molecule has 0 fully saturated rings. The molecule has 32 heavy (non-hydrogen) atoms. The molecule has 0 unspecified atom stereocenters. The monoisotopic (exact) mass is 497 g/mol. The Hall–Kier alpha value is -2.99. The van der Waals surface area contributed by atoms with Gasteiger partial charge in [0, 0.05) is 16.6 Å². The fourth-order valence-corrected chi connectivity index (χ4v) is 4.05. The molecule has 3 aromatic rings. The molecule has 1 heterocycles. The lowest BCUT2D eigenvalue weighted by molar-refractivity contribution is -0.147. The third-order valence-electron chi connectivity index (χ3n) is 3.99. The van der Waals surface area contributed by atoms with Crippen LogP contribution in [0.5, 0.6) is 0 Å². The summed E-state index contributed by atoms with van der Waals surface area (Å²) in [6, 6.07) is 10.5. The molecule has 0 atom stereocenters. The van der Waals surface area contributed by atoms with E-state index in [2.05, 4.69) is 20.1 Å². The van der Waals surface area contributed by atoms with Crippen LogP contribution in [0.15, 0.2) is 60.0 Å². The van der Waals surface area contributed by atoms with E-state index >= 15 is 0 Å². The second-order valence-electron chi connectivity index (χ2n) is 6.32. The quantitative estimate of drug-likeness (QED) is 0.433. The second-order valence-corrected chi connectivity index (χ2v) is 8.96. The Morgan fingerprint density at radius 3 is 2.59 bits per heavy atom. The Kier molecular flexibility index (Phi) is 7.80. The number of sulfonamides is 1. The average Bonchev–Trinajstić information content (AvgIpc) is 3.27. The number of anilines is 1. The number of ether oxygens (including phenoxy) is 1. The smallest absolute Gasteiger partial charge is 0.307 e. The molecular formula is C19H17Cl2N5O5S. The molecule has 0 aliphatic carbocycles. The van der Waals surface area contributed by atoms with Crippen LogP contribution in [0.25, 0.3) is 5.69 Å². The maximum atomic E-state index is 12.2. The molecular weight excluding hydrogens is 481 g/mol. The standard InChI is InChI=1S/C19H17Cl2N5O5S/c20-13-2-1-3-15(8-13)32(29,30)24-7-6-19(28)31-10-18(27)25-16-9-14(21)4-5-17(16)26-12-22-11-23-26/h1-5,8-9,11-12,24H,6-7,10H2,(H,25,27). The largest absolute Gasteiger partial charge is 0.456 e. The van der Waals surface area contributed by atoms with Gasteiger partial charge >= 0.3 is 5.97 Å². The summed E-state index contributed by atoms with van der Waals surface area (Å²) in [6.07, 6.45) is 2.51. The zero-order valence-electron chi connectivity index (χ0n) is 16.4. The summed E-state index contributed by atoms with van der Waals surface area (Å²) in [5.74, 6) is -1.36. The number of nitrogens with one attached hydrogen (secondary N) is 2. The van der Waals surface area contributed by atoms with Gasteiger partial charge in [0.2, 0.25) is 10.0 Å². The number of esters is 1. The van der Waals surface area contributed by atoms with Crippen molar-refractivity contribution in [2.45, 2.75) is 11.3 Å². The zero-order chi connectivity index (χ0) is 23.1.